The van der Waals surface area contributed by atoms with Gasteiger partial charge in [0.15, 0.2) is 0 Å². The third kappa shape index (κ3) is 1.90. The summed E-state index contributed by atoms with van der Waals surface area (Å²) >= 11 is 0. The maximum absolute atomic E-state index is 5.27. The van der Waals surface area contributed by atoms with Crippen molar-refractivity contribution in [3.63, 3.8) is 0 Å². The normalized spacial score (nSPS) is 18.8. The van der Waals surface area contributed by atoms with Crippen LogP contribution in [0.1, 0.15) is 23.6 Å². The summed E-state index contributed by atoms with van der Waals surface area (Å²) in [6.45, 7) is 0. The molecule has 1 aromatic carbocycles. The number of hydrogen-bond acceptors (Lipinski definition) is 3. The van der Waals surface area contributed by atoms with Crippen molar-refractivity contribution in [3.8, 4) is 5.75 Å². The summed E-state index contributed by atoms with van der Waals surface area (Å²) in [5.74, 6) is 0.933. The highest BCUT2D eigenvalue weighted by Gasteiger charge is 2.20. The Morgan fingerprint density at radius 3 is 3.06 bits per heavy atom. The summed E-state index contributed by atoms with van der Waals surface area (Å²) < 4.78 is 7.23. The molecule has 0 spiro atoms. The van der Waals surface area contributed by atoms with E-state index < -0.39 is 0 Å². The second kappa shape index (κ2) is 4.20. The number of methoxy groups -OCH3 is 1. The molecule has 0 bridgehead atoms. The Balaban J connectivity index is 1.89. The third-order valence-electron chi connectivity index (χ3n) is 3.43. The van der Waals surface area contributed by atoms with E-state index in [9.17, 15) is 0 Å². The van der Waals surface area contributed by atoms with Gasteiger partial charge in [0.1, 0.15) is 18.4 Å². The predicted octanol–water partition coefficient (Wildman–Crippen LogP) is 2.02. The molecule has 0 amide bonds. The van der Waals surface area contributed by atoms with Crippen LogP contribution in [0.3, 0.4) is 0 Å². The van der Waals surface area contributed by atoms with E-state index in [1.807, 2.05) is 10.7 Å². The molecule has 1 aliphatic carbocycles. The molecule has 88 valence electrons. The van der Waals surface area contributed by atoms with Crippen molar-refractivity contribution in [2.75, 3.05) is 7.11 Å². The van der Waals surface area contributed by atoms with E-state index in [2.05, 4.69) is 22.2 Å². The van der Waals surface area contributed by atoms with Gasteiger partial charge in [-0.1, -0.05) is 6.07 Å². The molecule has 1 aromatic heterocycles. The Bertz CT molecular complexity index is 507. The first-order chi connectivity index (χ1) is 8.36. The Kier molecular flexibility index (Phi) is 2.55. The van der Waals surface area contributed by atoms with Gasteiger partial charge in [-0.2, -0.15) is 5.10 Å². The summed E-state index contributed by atoms with van der Waals surface area (Å²) in [4.78, 5) is 4.01. The number of benzene rings is 1. The fourth-order valence-corrected chi connectivity index (χ4v) is 2.47. The summed E-state index contributed by atoms with van der Waals surface area (Å²) in [7, 11) is 1.71. The molecule has 1 aliphatic rings. The zero-order chi connectivity index (χ0) is 11.7. The van der Waals surface area contributed by atoms with Crippen LogP contribution in [0, 0.1) is 0 Å². The van der Waals surface area contributed by atoms with Gasteiger partial charge >= 0.3 is 0 Å². The summed E-state index contributed by atoms with van der Waals surface area (Å²) in [5, 5.41) is 4.23. The van der Waals surface area contributed by atoms with E-state index in [1.165, 1.54) is 11.1 Å². The first-order valence-corrected chi connectivity index (χ1v) is 5.87. The molecule has 0 fully saturated rings. The first-order valence-electron chi connectivity index (χ1n) is 5.87. The van der Waals surface area contributed by atoms with Gasteiger partial charge in [-0.25, -0.2) is 9.67 Å². The summed E-state index contributed by atoms with van der Waals surface area (Å²) in [6.07, 6.45) is 6.64. The smallest absolute Gasteiger partial charge is 0.137 e. The molecule has 1 atom stereocenters. The molecule has 1 heterocycles. The van der Waals surface area contributed by atoms with Gasteiger partial charge in [0.05, 0.1) is 13.2 Å². The Morgan fingerprint density at radius 1 is 1.35 bits per heavy atom. The second-order valence-corrected chi connectivity index (χ2v) is 4.41. The zero-order valence-corrected chi connectivity index (χ0v) is 9.84. The standard InChI is InChI=1S/C13H15N3O/c1-17-13-5-3-10-2-4-12(6-11(10)7-13)16-9-14-8-15-16/h3,5,7-9,12H,2,4,6H2,1H3. The van der Waals surface area contributed by atoms with Gasteiger partial charge in [-0.15, -0.1) is 0 Å². The Hall–Kier alpha value is -1.84. The van der Waals surface area contributed by atoms with Crippen LogP contribution < -0.4 is 4.74 Å². The molecular formula is C13H15N3O. The van der Waals surface area contributed by atoms with Gasteiger partial charge in [0, 0.05) is 0 Å². The van der Waals surface area contributed by atoms with Crippen molar-refractivity contribution in [2.24, 2.45) is 0 Å². The van der Waals surface area contributed by atoms with Crippen LogP contribution in [-0.2, 0) is 12.8 Å². The van der Waals surface area contributed by atoms with Crippen molar-refractivity contribution >= 4 is 0 Å². The SMILES string of the molecule is COc1ccc2c(c1)CC(n1cncn1)CC2. The fourth-order valence-electron chi connectivity index (χ4n) is 2.47. The monoisotopic (exact) mass is 229 g/mol. The number of nitrogens with zero attached hydrogens (tertiary/aromatic N) is 3. The second-order valence-electron chi connectivity index (χ2n) is 4.41. The van der Waals surface area contributed by atoms with E-state index in [1.54, 1.807) is 19.8 Å². The lowest BCUT2D eigenvalue weighted by Gasteiger charge is -2.24. The van der Waals surface area contributed by atoms with Crippen molar-refractivity contribution in [2.45, 2.75) is 25.3 Å². The maximum Gasteiger partial charge on any atom is 0.137 e. The molecule has 0 saturated carbocycles. The van der Waals surface area contributed by atoms with E-state index in [0.29, 0.717) is 6.04 Å². The van der Waals surface area contributed by atoms with E-state index in [0.717, 1.165) is 25.0 Å². The van der Waals surface area contributed by atoms with Crippen molar-refractivity contribution in [1.29, 1.82) is 0 Å². The van der Waals surface area contributed by atoms with Gasteiger partial charge in [-0.05, 0) is 42.5 Å². The number of hydrogen-bond donors (Lipinski definition) is 0. The van der Waals surface area contributed by atoms with Crippen molar-refractivity contribution < 1.29 is 4.74 Å². The van der Waals surface area contributed by atoms with Crippen molar-refractivity contribution in [1.82, 2.24) is 14.8 Å². The minimum Gasteiger partial charge on any atom is -0.497 e. The molecule has 0 aliphatic heterocycles. The van der Waals surface area contributed by atoms with E-state index >= 15 is 0 Å². The maximum atomic E-state index is 5.27. The van der Waals surface area contributed by atoms with Crippen LogP contribution in [0.15, 0.2) is 30.9 Å². The van der Waals surface area contributed by atoms with Crippen LogP contribution in [-0.4, -0.2) is 21.9 Å². The van der Waals surface area contributed by atoms with Gasteiger partial charge in [0.2, 0.25) is 0 Å². The molecule has 0 N–H and O–H groups in total. The number of fused-ring (bicyclic) bond motifs is 1. The minimum atomic E-state index is 0.428. The highest BCUT2D eigenvalue weighted by Crippen LogP contribution is 2.30. The highest BCUT2D eigenvalue weighted by atomic mass is 16.5. The average molecular weight is 229 g/mol. The van der Waals surface area contributed by atoms with Crippen molar-refractivity contribution in [3.05, 3.63) is 42.0 Å². The minimum absolute atomic E-state index is 0.428. The summed E-state index contributed by atoms with van der Waals surface area (Å²) in [6, 6.07) is 6.77. The molecule has 17 heavy (non-hydrogen) atoms. The van der Waals surface area contributed by atoms with Gasteiger partial charge < -0.3 is 4.74 Å². The fraction of sp³-hybridized carbons (Fsp3) is 0.385. The number of ether oxygens (including phenoxy) is 1. The van der Waals surface area contributed by atoms with Crippen LogP contribution in [0.2, 0.25) is 0 Å². The van der Waals surface area contributed by atoms with Crippen LogP contribution >= 0.6 is 0 Å². The van der Waals surface area contributed by atoms with Gasteiger partial charge in [0.25, 0.3) is 0 Å². The number of rotatable bonds is 2. The molecule has 3 rings (SSSR count). The lowest BCUT2D eigenvalue weighted by molar-refractivity contribution is 0.395. The number of aryl methyl sites for hydroxylation is 1. The Labute approximate surface area is 100 Å². The zero-order valence-electron chi connectivity index (χ0n) is 9.84. The largest absolute Gasteiger partial charge is 0.497 e. The van der Waals surface area contributed by atoms with Gasteiger partial charge in [-0.3, -0.25) is 0 Å². The lowest BCUT2D eigenvalue weighted by atomic mass is 9.88. The lowest BCUT2D eigenvalue weighted by Crippen LogP contribution is -2.19. The molecule has 4 heteroatoms. The topological polar surface area (TPSA) is 39.9 Å². The quantitative estimate of drug-likeness (QED) is 0.791. The number of aromatic nitrogens is 3. The first kappa shape index (κ1) is 10.3. The average Bonchev–Trinajstić information content (AvgIpc) is 2.91. The molecule has 1 unspecified atom stereocenters. The third-order valence-corrected chi connectivity index (χ3v) is 3.43. The molecule has 2 aromatic rings. The van der Waals surface area contributed by atoms with E-state index in [4.69, 9.17) is 4.74 Å². The molecule has 0 saturated heterocycles. The van der Waals surface area contributed by atoms with Crippen LogP contribution in [0.4, 0.5) is 0 Å². The predicted molar refractivity (Wildman–Crippen MR) is 64.1 cm³/mol. The highest BCUT2D eigenvalue weighted by molar-refractivity contribution is 5.37. The Morgan fingerprint density at radius 2 is 2.29 bits per heavy atom. The van der Waals surface area contributed by atoms with Crippen LogP contribution in [0.5, 0.6) is 5.75 Å². The van der Waals surface area contributed by atoms with E-state index in [-0.39, 0.29) is 0 Å². The molecule has 4 nitrogen and oxygen atoms in total. The molecule has 0 radical (unpaired) electrons. The molecular weight excluding hydrogens is 214 g/mol. The summed E-state index contributed by atoms with van der Waals surface area (Å²) in [5.41, 5.74) is 2.80. The van der Waals surface area contributed by atoms with Crippen LogP contribution in [0.25, 0.3) is 0 Å².